The zero-order valence-corrected chi connectivity index (χ0v) is 11.6. The Labute approximate surface area is 113 Å². The number of rotatable bonds is 2. The van der Waals surface area contributed by atoms with Gasteiger partial charge in [0, 0.05) is 5.92 Å². The molecule has 0 radical (unpaired) electrons. The summed E-state index contributed by atoms with van der Waals surface area (Å²) in [7, 11) is 0. The minimum absolute atomic E-state index is 0.487. The Morgan fingerprint density at radius 3 is 2.58 bits per heavy atom. The Balaban J connectivity index is 2.08. The van der Waals surface area contributed by atoms with Crippen LogP contribution in [0.3, 0.4) is 0 Å². The van der Waals surface area contributed by atoms with Crippen molar-refractivity contribution in [1.29, 1.82) is 0 Å². The summed E-state index contributed by atoms with van der Waals surface area (Å²) in [6.07, 6.45) is 4.92. The molecule has 1 aromatic carbocycles. The first-order valence-corrected chi connectivity index (χ1v) is 6.99. The molecular weight excluding hydrogens is 236 g/mol. The highest BCUT2D eigenvalue weighted by Crippen LogP contribution is 2.41. The molecule has 1 saturated carbocycles. The number of aromatic nitrogens is 1. The molecule has 0 unspecified atom stereocenters. The Kier molecular flexibility index (Phi) is 3.05. The third-order valence-electron chi connectivity index (χ3n) is 4.27. The smallest absolute Gasteiger partial charge is 0.175 e. The molecule has 1 aliphatic carbocycles. The predicted molar refractivity (Wildman–Crippen MR) is 77.0 cm³/mol. The maximum absolute atomic E-state index is 6.02. The lowest BCUT2D eigenvalue weighted by molar-refractivity contribution is 0.363. The van der Waals surface area contributed by atoms with Crippen LogP contribution in [0.4, 0.5) is 5.82 Å². The molecule has 0 bridgehead atoms. The molecule has 1 heterocycles. The molecule has 0 saturated heterocycles. The van der Waals surface area contributed by atoms with Crippen LogP contribution in [0.2, 0.25) is 0 Å². The molecule has 1 aliphatic rings. The van der Waals surface area contributed by atoms with E-state index < -0.39 is 0 Å². The Morgan fingerprint density at radius 2 is 1.89 bits per heavy atom. The first-order chi connectivity index (χ1) is 9.16. The second-order valence-electron chi connectivity index (χ2n) is 5.59. The topological polar surface area (TPSA) is 52.0 Å². The third kappa shape index (κ3) is 2.14. The van der Waals surface area contributed by atoms with Gasteiger partial charge in [-0.15, -0.1) is 0 Å². The summed E-state index contributed by atoms with van der Waals surface area (Å²) in [6, 6.07) is 6.43. The highest BCUT2D eigenvalue weighted by Gasteiger charge is 2.26. The quantitative estimate of drug-likeness (QED) is 0.876. The molecule has 1 fully saturated rings. The zero-order chi connectivity index (χ0) is 13.4. The van der Waals surface area contributed by atoms with Crippen molar-refractivity contribution in [2.75, 3.05) is 5.73 Å². The molecule has 100 valence electrons. The third-order valence-corrected chi connectivity index (χ3v) is 4.27. The normalized spacial score (nSPS) is 16.1. The van der Waals surface area contributed by atoms with Crippen LogP contribution in [0.1, 0.15) is 48.5 Å². The zero-order valence-electron chi connectivity index (χ0n) is 11.6. The molecule has 0 amide bonds. The van der Waals surface area contributed by atoms with E-state index in [9.17, 15) is 0 Å². The van der Waals surface area contributed by atoms with E-state index in [2.05, 4.69) is 37.2 Å². The van der Waals surface area contributed by atoms with Gasteiger partial charge in [-0.1, -0.05) is 36.2 Å². The van der Waals surface area contributed by atoms with E-state index in [1.807, 2.05) is 0 Å². The van der Waals surface area contributed by atoms with Crippen LogP contribution < -0.4 is 5.73 Å². The molecule has 3 heteroatoms. The largest absolute Gasteiger partial charge is 0.380 e. The van der Waals surface area contributed by atoms with Crippen molar-refractivity contribution in [3.63, 3.8) is 0 Å². The number of nitrogens with zero attached hydrogens (tertiary/aromatic N) is 1. The molecule has 19 heavy (non-hydrogen) atoms. The SMILES string of the molecule is Cc1ccc(-c2c(N)noc2C2CCCC2)cc1C. The van der Waals surface area contributed by atoms with Crippen molar-refractivity contribution in [3.05, 3.63) is 35.1 Å². The van der Waals surface area contributed by atoms with Crippen LogP contribution >= 0.6 is 0 Å². The van der Waals surface area contributed by atoms with Crippen molar-refractivity contribution in [2.45, 2.75) is 45.4 Å². The fourth-order valence-electron chi connectivity index (χ4n) is 2.97. The van der Waals surface area contributed by atoms with Gasteiger partial charge >= 0.3 is 0 Å². The summed E-state index contributed by atoms with van der Waals surface area (Å²) in [6.45, 7) is 4.24. The number of benzene rings is 1. The van der Waals surface area contributed by atoms with Crippen molar-refractivity contribution in [2.24, 2.45) is 0 Å². The number of hydrogen-bond acceptors (Lipinski definition) is 3. The lowest BCUT2D eigenvalue weighted by Crippen LogP contribution is -1.95. The molecule has 2 N–H and O–H groups in total. The van der Waals surface area contributed by atoms with E-state index in [1.165, 1.54) is 36.8 Å². The summed E-state index contributed by atoms with van der Waals surface area (Å²) in [5.74, 6) is 1.99. The average molecular weight is 256 g/mol. The van der Waals surface area contributed by atoms with E-state index >= 15 is 0 Å². The van der Waals surface area contributed by atoms with Gasteiger partial charge in [0.1, 0.15) is 5.76 Å². The first kappa shape index (κ1) is 12.3. The van der Waals surface area contributed by atoms with Gasteiger partial charge in [-0.05, 0) is 43.4 Å². The van der Waals surface area contributed by atoms with Gasteiger partial charge in [-0.25, -0.2) is 0 Å². The summed E-state index contributed by atoms with van der Waals surface area (Å²) in [5, 5.41) is 3.99. The van der Waals surface area contributed by atoms with Gasteiger partial charge < -0.3 is 10.3 Å². The monoisotopic (exact) mass is 256 g/mol. The molecule has 3 rings (SSSR count). The number of nitrogens with two attached hydrogens (primary N) is 1. The standard InChI is InChI=1S/C16H20N2O/c1-10-7-8-13(9-11(10)2)14-15(19-18-16(14)17)12-5-3-4-6-12/h7-9,12H,3-6H2,1-2H3,(H2,17,18). The van der Waals surface area contributed by atoms with E-state index in [-0.39, 0.29) is 0 Å². The highest BCUT2D eigenvalue weighted by atomic mass is 16.5. The first-order valence-electron chi connectivity index (χ1n) is 6.99. The Morgan fingerprint density at radius 1 is 1.16 bits per heavy atom. The lowest BCUT2D eigenvalue weighted by Gasteiger charge is -2.09. The molecule has 0 atom stereocenters. The summed E-state index contributed by atoms with van der Waals surface area (Å²) in [5.41, 5.74) is 10.7. The number of aryl methyl sites for hydroxylation is 2. The second-order valence-corrected chi connectivity index (χ2v) is 5.59. The highest BCUT2D eigenvalue weighted by molar-refractivity contribution is 5.76. The molecule has 2 aromatic rings. The van der Waals surface area contributed by atoms with Crippen LogP contribution in [0, 0.1) is 13.8 Å². The summed E-state index contributed by atoms with van der Waals surface area (Å²) in [4.78, 5) is 0. The minimum atomic E-state index is 0.487. The molecule has 0 aliphatic heterocycles. The van der Waals surface area contributed by atoms with Gasteiger partial charge in [-0.3, -0.25) is 0 Å². The van der Waals surface area contributed by atoms with Gasteiger partial charge in [0.25, 0.3) is 0 Å². The van der Waals surface area contributed by atoms with Crippen LogP contribution in [-0.4, -0.2) is 5.16 Å². The van der Waals surface area contributed by atoms with Gasteiger partial charge in [0.15, 0.2) is 5.82 Å². The van der Waals surface area contributed by atoms with Crippen LogP contribution in [0.15, 0.2) is 22.7 Å². The van der Waals surface area contributed by atoms with Gasteiger partial charge in [0.2, 0.25) is 0 Å². The van der Waals surface area contributed by atoms with E-state index in [4.69, 9.17) is 10.3 Å². The number of hydrogen-bond donors (Lipinski definition) is 1. The van der Waals surface area contributed by atoms with Crippen LogP contribution in [-0.2, 0) is 0 Å². The van der Waals surface area contributed by atoms with Gasteiger partial charge in [-0.2, -0.15) is 0 Å². The van der Waals surface area contributed by atoms with Crippen molar-refractivity contribution in [1.82, 2.24) is 5.16 Å². The molecule has 1 aromatic heterocycles. The fourth-order valence-corrected chi connectivity index (χ4v) is 2.97. The molecule has 0 spiro atoms. The van der Waals surface area contributed by atoms with Gasteiger partial charge in [0.05, 0.1) is 5.56 Å². The second kappa shape index (κ2) is 4.72. The number of nitrogen functional groups attached to an aromatic ring is 1. The van der Waals surface area contributed by atoms with Crippen molar-refractivity contribution < 1.29 is 4.52 Å². The fraction of sp³-hybridized carbons (Fsp3) is 0.438. The molecule has 3 nitrogen and oxygen atoms in total. The van der Waals surface area contributed by atoms with Crippen LogP contribution in [0.5, 0.6) is 0 Å². The average Bonchev–Trinajstić information content (AvgIpc) is 3.01. The maximum Gasteiger partial charge on any atom is 0.175 e. The number of anilines is 1. The lowest BCUT2D eigenvalue weighted by atomic mass is 9.94. The summed E-state index contributed by atoms with van der Waals surface area (Å²) >= 11 is 0. The molecular formula is C16H20N2O. The summed E-state index contributed by atoms with van der Waals surface area (Å²) < 4.78 is 5.53. The van der Waals surface area contributed by atoms with E-state index in [1.54, 1.807) is 0 Å². The van der Waals surface area contributed by atoms with Crippen LogP contribution in [0.25, 0.3) is 11.1 Å². The Hall–Kier alpha value is -1.77. The van der Waals surface area contributed by atoms with E-state index in [0.717, 1.165) is 16.9 Å². The minimum Gasteiger partial charge on any atom is -0.380 e. The van der Waals surface area contributed by atoms with E-state index in [0.29, 0.717) is 11.7 Å². The maximum atomic E-state index is 6.02. The van der Waals surface area contributed by atoms with Crippen molar-refractivity contribution >= 4 is 5.82 Å². The Bertz CT molecular complexity index is 595. The van der Waals surface area contributed by atoms with Crippen molar-refractivity contribution in [3.8, 4) is 11.1 Å². The predicted octanol–water partition coefficient (Wildman–Crippen LogP) is 4.20.